The predicted octanol–water partition coefficient (Wildman–Crippen LogP) is 3.79. The van der Waals surface area contributed by atoms with Gasteiger partial charge >= 0.3 is 0 Å². The molecule has 1 saturated carbocycles. The summed E-state index contributed by atoms with van der Waals surface area (Å²) in [7, 11) is 3.51. The second-order valence-electron chi connectivity index (χ2n) is 6.09. The molecule has 0 bridgehead atoms. The molecule has 0 radical (unpaired) electrons. The fourth-order valence-corrected chi connectivity index (χ4v) is 3.28. The van der Waals surface area contributed by atoms with E-state index in [1.54, 1.807) is 12.1 Å². The molecule has 2 rings (SSSR count). The Kier molecular flexibility index (Phi) is 5.41. The first kappa shape index (κ1) is 15.3. The standard InChI is InChI=1S/C17H26FNO/c1-12-4-7-14(8-5-12)16(19-2)11-13-6-9-17(20-3)15(18)10-13/h6,9-10,12,14,16,19H,4-5,7-8,11H2,1-3H3. The summed E-state index contributed by atoms with van der Waals surface area (Å²) in [4.78, 5) is 0. The van der Waals surface area contributed by atoms with Crippen LogP contribution in [0, 0.1) is 17.7 Å². The van der Waals surface area contributed by atoms with Gasteiger partial charge in [-0.15, -0.1) is 0 Å². The van der Waals surface area contributed by atoms with Gasteiger partial charge in [-0.05, 0) is 55.8 Å². The monoisotopic (exact) mass is 279 g/mol. The van der Waals surface area contributed by atoms with Crippen molar-refractivity contribution in [1.82, 2.24) is 5.32 Å². The molecule has 20 heavy (non-hydrogen) atoms. The molecule has 0 heterocycles. The van der Waals surface area contributed by atoms with Crippen LogP contribution in [0.5, 0.6) is 5.75 Å². The molecule has 0 amide bonds. The third-order valence-corrected chi connectivity index (χ3v) is 4.67. The van der Waals surface area contributed by atoms with Gasteiger partial charge in [0.1, 0.15) is 0 Å². The van der Waals surface area contributed by atoms with Gasteiger partial charge in [0.2, 0.25) is 0 Å². The molecule has 1 aromatic carbocycles. The Bertz CT molecular complexity index is 427. The van der Waals surface area contributed by atoms with Crippen molar-refractivity contribution in [2.24, 2.45) is 11.8 Å². The van der Waals surface area contributed by atoms with Crippen LogP contribution < -0.4 is 10.1 Å². The molecule has 1 atom stereocenters. The van der Waals surface area contributed by atoms with Gasteiger partial charge < -0.3 is 10.1 Å². The highest BCUT2D eigenvalue weighted by atomic mass is 19.1. The van der Waals surface area contributed by atoms with Gasteiger partial charge in [-0.3, -0.25) is 0 Å². The lowest BCUT2D eigenvalue weighted by atomic mass is 9.78. The Labute approximate surface area is 121 Å². The zero-order valence-corrected chi connectivity index (χ0v) is 12.8. The zero-order chi connectivity index (χ0) is 14.5. The molecule has 2 nitrogen and oxygen atoms in total. The average Bonchev–Trinajstić information content (AvgIpc) is 2.46. The minimum Gasteiger partial charge on any atom is -0.494 e. The predicted molar refractivity (Wildman–Crippen MR) is 80.6 cm³/mol. The summed E-state index contributed by atoms with van der Waals surface area (Å²) in [5, 5.41) is 3.43. The van der Waals surface area contributed by atoms with Crippen molar-refractivity contribution in [3.05, 3.63) is 29.6 Å². The fourth-order valence-electron chi connectivity index (χ4n) is 3.28. The lowest BCUT2D eigenvalue weighted by Crippen LogP contribution is -2.37. The van der Waals surface area contributed by atoms with Crippen LogP contribution in [0.3, 0.4) is 0 Å². The summed E-state index contributed by atoms with van der Waals surface area (Å²) in [5.41, 5.74) is 1.04. The summed E-state index contributed by atoms with van der Waals surface area (Å²) in [6.07, 6.45) is 6.09. The highest BCUT2D eigenvalue weighted by Gasteiger charge is 2.25. The lowest BCUT2D eigenvalue weighted by Gasteiger charge is -2.32. The molecule has 112 valence electrons. The van der Waals surface area contributed by atoms with Crippen molar-refractivity contribution in [2.45, 2.75) is 45.1 Å². The van der Waals surface area contributed by atoms with E-state index >= 15 is 0 Å². The largest absolute Gasteiger partial charge is 0.494 e. The topological polar surface area (TPSA) is 21.3 Å². The lowest BCUT2D eigenvalue weighted by molar-refractivity contribution is 0.235. The van der Waals surface area contributed by atoms with Crippen molar-refractivity contribution in [3.63, 3.8) is 0 Å². The van der Waals surface area contributed by atoms with Gasteiger partial charge in [0.05, 0.1) is 7.11 Å². The highest BCUT2D eigenvalue weighted by Crippen LogP contribution is 2.31. The van der Waals surface area contributed by atoms with Gasteiger partial charge in [-0.2, -0.15) is 0 Å². The van der Waals surface area contributed by atoms with E-state index in [9.17, 15) is 4.39 Å². The summed E-state index contributed by atoms with van der Waals surface area (Å²) >= 11 is 0. The second kappa shape index (κ2) is 7.07. The number of rotatable bonds is 5. The second-order valence-corrected chi connectivity index (χ2v) is 6.09. The first-order valence-corrected chi connectivity index (χ1v) is 7.63. The van der Waals surface area contributed by atoms with E-state index in [0.29, 0.717) is 17.7 Å². The Morgan fingerprint density at radius 2 is 2.00 bits per heavy atom. The average molecular weight is 279 g/mol. The quantitative estimate of drug-likeness (QED) is 0.885. The maximum absolute atomic E-state index is 13.8. The minimum atomic E-state index is -0.267. The summed E-state index contributed by atoms with van der Waals surface area (Å²) < 4.78 is 18.7. The number of benzene rings is 1. The fraction of sp³-hybridized carbons (Fsp3) is 0.647. The first-order chi connectivity index (χ1) is 9.63. The summed E-state index contributed by atoms with van der Waals surface area (Å²) in [6, 6.07) is 5.74. The van der Waals surface area contributed by atoms with Gasteiger partial charge in [-0.1, -0.05) is 25.8 Å². The van der Waals surface area contributed by atoms with Crippen molar-refractivity contribution >= 4 is 0 Å². The Balaban J connectivity index is 2.00. The number of methoxy groups -OCH3 is 1. The Morgan fingerprint density at radius 3 is 2.55 bits per heavy atom. The third-order valence-electron chi connectivity index (χ3n) is 4.67. The molecule has 0 spiro atoms. The van der Waals surface area contributed by atoms with E-state index in [1.807, 2.05) is 13.1 Å². The zero-order valence-electron chi connectivity index (χ0n) is 12.8. The maximum atomic E-state index is 13.8. The van der Waals surface area contributed by atoms with E-state index < -0.39 is 0 Å². The number of ether oxygens (including phenoxy) is 1. The number of hydrogen-bond donors (Lipinski definition) is 1. The van der Waals surface area contributed by atoms with Crippen LogP contribution in [-0.4, -0.2) is 20.2 Å². The highest BCUT2D eigenvalue weighted by molar-refractivity contribution is 5.29. The maximum Gasteiger partial charge on any atom is 0.165 e. The van der Waals surface area contributed by atoms with Gasteiger partial charge in [0.15, 0.2) is 11.6 Å². The smallest absolute Gasteiger partial charge is 0.165 e. The summed E-state index contributed by atoms with van der Waals surface area (Å²) in [5.74, 6) is 1.63. The van der Waals surface area contributed by atoms with Crippen molar-refractivity contribution < 1.29 is 9.13 Å². The number of hydrogen-bond acceptors (Lipinski definition) is 2. The minimum absolute atomic E-state index is 0.267. The molecule has 1 unspecified atom stereocenters. The van der Waals surface area contributed by atoms with Crippen LogP contribution in [0.2, 0.25) is 0 Å². The number of halogens is 1. The van der Waals surface area contributed by atoms with E-state index in [4.69, 9.17) is 4.74 Å². The van der Waals surface area contributed by atoms with Crippen LogP contribution in [-0.2, 0) is 6.42 Å². The van der Waals surface area contributed by atoms with Crippen molar-refractivity contribution in [1.29, 1.82) is 0 Å². The molecule has 0 aromatic heterocycles. The Hall–Kier alpha value is -1.09. The first-order valence-electron chi connectivity index (χ1n) is 7.63. The molecule has 0 aliphatic heterocycles. The van der Waals surface area contributed by atoms with Crippen LogP contribution in [0.15, 0.2) is 18.2 Å². The van der Waals surface area contributed by atoms with Crippen molar-refractivity contribution in [2.75, 3.05) is 14.2 Å². The van der Waals surface area contributed by atoms with Crippen LogP contribution in [0.25, 0.3) is 0 Å². The number of nitrogens with one attached hydrogen (secondary N) is 1. The molecular formula is C17H26FNO. The molecule has 1 aliphatic carbocycles. The van der Waals surface area contributed by atoms with E-state index in [-0.39, 0.29) is 5.82 Å². The molecule has 1 N–H and O–H groups in total. The molecule has 1 aromatic rings. The van der Waals surface area contributed by atoms with Crippen LogP contribution in [0.4, 0.5) is 4.39 Å². The SMILES string of the molecule is CNC(Cc1ccc(OC)c(F)c1)C1CCC(C)CC1. The molecule has 3 heteroatoms. The Morgan fingerprint density at radius 1 is 1.30 bits per heavy atom. The van der Waals surface area contributed by atoms with Gasteiger partial charge in [0.25, 0.3) is 0 Å². The molecule has 1 fully saturated rings. The van der Waals surface area contributed by atoms with Crippen molar-refractivity contribution in [3.8, 4) is 5.75 Å². The van der Waals surface area contributed by atoms with E-state index in [2.05, 4.69) is 12.2 Å². The molecular weight excluding hydrogens is 253 g/mol. The molecule has 1 aliphatic rings. The normalized spacial score (nSPS) is 24.4. The number of likely N-dealkylation sites (N-methyl/N-ethyl adjacent to an activating group) is 1. The van der Waals surface area contributed by atoms with E-state index in [0.717, 1.165) is 17.9 Å². The van der Waals surface area contributed by atoms with Crippen LogP contribution in [0.1, 0.15) is 38.2 Å². The summed E-state index contributed by atoms with van der Waals surface area (Å²) in [6.45, 7) is 2.34. The molecule has 0 saturated heterocycles. The third kappa shape index (κ3) is 3.72. The van der Waals surface area contributed by atoms with Crippen LogP contribution >= 0.6 is 0 Å². The van der Waals surface area contributed by atoms with E-state index in [1.165, 1.54) is 32.8 Å². The van der Waals surface area contributed by atoms with Gasteiger partial charge in [-0.25, -0.2) is 4.39 Å². The van der Waals surface area contributed by atoms with Gasteiger partial charge in [0, 0.05) is 6.04 Å².